The lowest BCUT2D eigenvalue weighted by atomic mass is 9.60. The maximum atomic E-state index is 9.02. The van der Waals surface area contributed by atoms with Crippen molar-refractivity contribution in [2.45, 2.75) is 12.8 Å². The van der Waals surface area contributed by atoms with Gasteiger partial charge < -0.3 is 4.81 Å². The van der Waals surface area contributed by atoms with Gasteiger partial charge in [0.2, 0.25) is 0 Å². The molecule has 0 unspecified atom stereocenters. The summed E-state index contributed by atoms with van der Waals surface area (Å²) in [6, 6.07) is 10.4. The normalized spacial score (nSPS) is 16.1. The third kappa shape index (κ3) is 2.74. The highest BCUT2D eigenvalue weighted by atomic mass is 15.1. The molecule has 0 saturated heterocycles. The number of benzene rings is 1. The second-order valence-electron chi connectivity index (χ2n) is 4.06. The summed E-state index contributed by atoms with van der Waals surface area (Å²) in [5.41, 5.74) is 1.34. The fraction of sp³-hybridized carbons (Fsp3) is 0.308. The van der Waals surface area contributed by atoms with Crippen LogP contribution >= 0.6 is 0 Å². The average molecular weight is 210 g/mol. The predicted molar refractivity (Wildman–Crippen MR) is 66.8 cm³/mol. The topological polar surface area (TPSA) is 27.0 Å². The van der Waals surface area contributed by atoms with Gasteiger partial charge in [0, 0.05) is 5.97 Å². The van der Waals surface area contributed by atoms with E-state index in [2.05, 4.69) is 41.1 Å². The van der Waals surface area contributed by atoms with E-state index in [1.165, 1.54) is 5.56 Å². The molecule has 1 aliphatic rings. The van der Waals surface area contributed by atoms with Gasteiger partial charge in [-0.2, -0.15) is 0 Å². The molecule has 0 radical (unpaired) electrons. The quantitative estimate of drug-likeness (QED) is 0.714. The zero-order valence-electron chi connectivity index (χ0n) is 9.34. The first kappa shape index (κ1) is 11.0. The molecule has 0 atom stereocenters. The number of hydrogen-bond acceptors (Lipinski definition) is 2. The highest BCUT2D eigenvalue weighted by Gasteiger charge is 2.22. The van der Waals surface area contributed by atoms with Crippen LogP contribution in [0.3, 0.4) is 0 Å². The average Bonchev–Trinajstić information content (AvgIpc) is 2.38. The number of nitrogens with zero attached hydrogens (tertiary/aromatic N) is 2. The maximum Gasteiger partial charge on any atom is 0.374 e. The molecule has 3 heteroatoms. The van der Waals surface area contributed by atoms with Crippen LogP contribution in [0, 0.1) is 11.2 Å². The Labute approximate surface area is 97.3 Å². The zero-order chi connectivity index (χ0) is 11.2. The van der Waals surface area contributed by atoms with Crippen LogP contribution in [0.2, 0.25) is 0 Å². The second-order valence-corrected chi connectivity index (χ2v) is 4.06. The van der Waals surface area contributed by atoms with Gasteiger partial charge in [0.05, 0.1) is 0 Å². The van der Waals surface area contributed by atoms with Crippen LogP contribution in [0.5, 0.6) is 0 Å². The summed E-state index contributed by atoms with van der Waals surface area (Å²) in [5, 5.41) is 9.02. The van der Waals surface area contributed by atoms with Crippen LogP contribution in [0.15, 0.2) is 42.4 Å². The molecule has 0 N–H and O–H groups in total. The van der Waals surface area contributed by atoms with E-state index in [1.807, 2.05) is 12.0 Å². The molecule has 0 amide bonds. The van der Waals surface area contributed by atoms with E-state index in [0.717, 1.165) is 25.9 Å². The molecule has 0 saturated carbocycles. The first-order valence-electron chi connectivity index (χ1n) is 5.74. The lowest BCUT2D eigenvalue weighted by molar-refractivity contribution is 0.446. The Morgan fingerprint density at radius 1 is 1.31 bits per heavy atom. The third-order valence-corrected chi connectivity index (χ3v) is 2.96. The number of nitriles is 1. The highest BCUT2D eigenvalue weighted by Crippen LogP contribution is 2.08. The van der Waals surface area contributed by atoms with E-state index < -0.39 is 0 Å². The van der Waals surface area contributed by atoms with E-state index in [9.17, 15) is 0 Å². The predicted octanol–water partition coefficient (Wildman–Crippen LogP) is 2.08. The molecule has 2 nitrogen and oxygen atoms in total. The van der Waals surface area contributed by atoms with Crippen molar-refractivity contribution in [2.75, 3.05) is 13.1 Å². The minimum Gasteiger partial charge on any atom is -0.325 e. The minimum atomic E-state index is -0.0301. The monoisotopic (exact) mass is 210 g/mol. The van der Waals surface area contributed by atoms with Crippen molar-refractivity contribution in [3.8, 4) is 5.97 Å². The molecule has 0 aliphatic carbocycles. The Bertz CT molecular complexity index is 394. The van der Waals surface area contributed by atoms with Crippen molar-refractivity contribution >= 4 is 6.85 Å². The van der Waals surface area contributed by atoms with Gasteiger partial charge in [0.15, 0.2) is 0 Å². The van der Waals surface area contributed by atoms with E-state index in [0.29, 0.717) is 0 Å². The number of rotatable bonds is 3. The van der Waals surface area contributed by atoms with Crippen molar-refractivity contribution in [3.63, 3.8) is 0 Å². The SMILES string of the molecule is N#CB1C=CCCN1CCc1ccccc1. The Kier molecular flexibility index (Phi) is 3.79. The van der Waals surface area contributed by atoms with E-state index in [1.54, 1.807) is 0 Å². The van der Waals surface area contributed by atoms with Gasteiger partial charge in [-0.05, 0) is 31.5 Å². The van der Waals surface area contributed by atoms with Gasteiger partial charge in [-0.1, -0.05) is 42.4 Å². The fourth-order valence-corrected chi connectivity index (χ4v) is 2.02. The molecule has 0 bridgehead atoms. The summed E-state index contributed by atoms with van der Waals surface area (Å²) < 4.78 is 0. The van der Waals surface area contributed by atoms with Crippen LogP contribution in [0.25, 0.3) is 0 Å². The smallest absolute Gasteiger partial charge is 0.325 e. The van der Waals surface area contributed by atoms with Crippen LogP contribution in [-0.2, 0) is 6.42 Å². The van der Waals surface area contributed by atoms with Crippen LogP contribution in [0.1, 0.15) is 12.0 Å². The van der Waals surface area contributed by atoms with Gasteiger partial charge in [-0.25, -0.2) is 5.26 Å². The summed E-state index contributed by atoms with van der Waals surface area (Å²) in [4.78, 5) is 2.24. The molecule has 16 heavy (non-hydrogen) atoms. The summed E-state index contributed by atoms with van der Waals surface area (Å²) >= 11 is 0. The van der Waals surface area contributed by atoms with E-state index in [4.69, 9.17) is 5.26 Å². The molecule has 2 rings (SSSR count). The summed E-state index contributed by atoms with van der Waals surface area (Å²) in [5.74, 6) is 4.34. The second kappa shape index (κ2) is 5.53. The Morgan fingerprint density at radius 3 is 2.88 bits per heavy atom. The maximum absolute atomic E-state index is 9.02. The van der Waals surface area contributed by atoms with Gasteiger partial charge >= 0.3 is 6.85 Å². The third-order valence-electron chi connectivity index (χ3n) is 2.96. The van der Waals surface area contributed by atoms with Crippen molar-refractivity contribution < 1.29 is 0 Å². The molecule has 0 spiro atoms. The van der Waals surface area contributed by atoms with Crippen molar-refractivity contribution in [1.29, 1.82) is 5.26 Å². The van der Waals surface area contributed by atoms with Crippen LogP contribution in [-0.4, -0.2) is 24.7 Å². The fourth-order valence-electron chi connectivity index (χ4n) is 2.02. The van der Waals surface area contributed by atoms with Gasteiger partial charge in [0.25, 0.3) is 0 Å². The Hall–Kier alpha value is -1.53. The summed E-state index contributed by atoms with van der Waals surface area (Å²) in [6.45, 7) is 1.94. The standard InChI is InChI=1S/C13H15BN2/c15-12-14-9-4-5-10-16(14)11-8-13-6-2-1-3-7-13/h1-4,6-7,9H,5,8,10-11H2. The lowest BCUT2D eigenvalue weighted by Crippen LogP contribution is -2.41. The van der Waals surface area contributed by atoms with Crippen molar-refractivity contribution in [2.24, 2.45) is 0 Å². The van der Waals surface area contributed by atoms with Crippen LogP contribution in [0.4, 0.5) is 0 Å². The van der Waals surface area contributed by atoms with E-state index >= 15 is 0 Å². The highest BCUT2D eigenvalue weighted by molar-refractivity contribution is 6.69. The van der Waals surface area contributed by atoms with Gasteiger partial charge in [-0.15, -0.1) is 0 Å². The minimum absolute atomic E-state index is 0.0301. The molecule has 0 aromatic heterocycles. The van der Waals surface area contributed by atoms with Crippen LogP contribution < -0.4 is 0 Å². The summed E-state index contributed by atoms with van der Waals surface area (Å²) in [6.07, 6.45) is 4.19. The Morgan fingerprint density at radius 2 is 2.12 bits per heavy atom. The Balaban J connectivity index is 1.91. The van der Waals surface area contributed by atoms with Crippen molar-refractivity contribution in [1.82, 2.24) is 4.81 Å². The van der Waals surface area contributed by atoms with E-state index in [-0.39, 0.29) is 6.85 Å². The first-order chi connectivity index (χ1) is 7.90. The number of hydrogen-bond donors (Lipinski definition) is 0. The largest absolute Gasteiger partial charge is 0.374 e. The molecular formula is C13H15BN2. The van der Waals surface area contributed by atoms with Gasteiger partial charge in [-0.3, -0.25) is 0 Å². The van der Waals surface area contributed by atoms with Gasteiger partial charge in [0.1, 0.15) is 0 Å². The summed E-state index contributed by atoms with van der Waals surface area (Å²) in [7, 11) is 0. The molecular weight excluding hydrogens is 195 g/mol. The molecule has 1 aromatic carbocycles. The molecule has 1 heterocycles. The lowest BCUT2D eigenvalue weighted by Gasteiger charge is -2.25. The molecule has 1 aliphatic heterocycles. The molecule has 80 valence electrons. The molecule has 1 aromatic rings. The van der Waals surface area contributed by atoms with Crippen molar-refractivity contribution in [3.05, 3.63) is 47.9 Å². The first-order valence-corrected chi connectivity index (χ1v) is 5.74. The molecule has 0 fully saturated rings. The zero-order valence-corrected chi connectivity index (χ0v) is 9.34.